The van der Waals surface area contributed by atoms with E-state index in [1.165, 1.54) is 16.2 Å². The van der Waals surface area contributed by atoms with Crippen molar-refractivity contribution in [3.8, 4) is 0 Å². The van der Waals surface area contributed by atoms with Crippen molar-refractivity contribution in [2.75, 3.05) is 16.8 Å². The van der Waals surface area contributed by atoms with Crippen molar-refractivity contribution in [3.05, 3.63) is 117 Å². The molecule has 0 fully saturated rings. The fourth-order valence-electron chi connectivity index (χ4n) is 4.40. The number of Topliss-reactive ketones (excluding diaryl/α,β-unsaturated/α-hetero) is 1. The highest BCUT2D eigenvalue weighted by atomic mass is 32.1. The van der Waals surface area contributed by atoms with Gasteiger partial charge in [-0.25, -0.2) is 9.79 Å². The Morgan fingerprint density at radius 3 is 2.45 bits per heavy atom. The number of anilines is 2. The van der Waals surface area contributed by atoms with Crippen molar-refractivity contribution >= 4 is 46.1 Å². The van der Waals surface area contributed by atoms with Crippen LogP contribution in [0.2, 0.25) is 0 Å². The number of para-hydroxylation sites is 1. The van der Waals surface area contributed by atoms with Crippen LogP contribution >= 0.6 is 11.3 Å². The summed E-state index contributed by atoms with van der Waals surface area (Å²) < 4.78 is 0. The van der Waals surface area contributed by atoms with Gasteiger partial charge in [-0.2, -0.15) is 0 Å². The molecule has 1 aliphatic heterocycles. The first-order valence-electron chi connectivity index (χ1n) is 12.2. The molecule has 38 heavy (non-hydrogen) atoms. The van der Waals surface area contributed by atoms with Crippen molar-refractivity contribution in [3.63, 3.8) is 0 Å². The first-order chi connectivity index (χ1) is 18.4. The quantitative estimate of drug-likeness (QED) is 0.324. The molecule has 1 unspecified atom stereocenters. The normalized spacial score (nSPS) is 14.8. The van der Waals surface area contributed by atoms with Crippen molar-refractivity contribution in [2.45, 2.75) is 20.0 Å². The zero-order chi connectivity index (χ0) is 26.6. The van der Waals surface area contributed by atoms with Crippen LogP contribution in [0.25, 0.3) is 0 Å². The Morgan fingerprint density at radius 1 is 0.947 bits per heavy atom. The van der Waals surface area contributed by atoms with Gasteiger partial charge in [0.15, 0.2) is 5.78 Å². The van der Waals surface area contributed by atoms with Crippen LogP contribution in [0, 0.1) is 13.8 Å². The Labute approximate surface area is 224 Å². The van der Waals surface area contributed by atoms with Gasteiger partial charge in [-0.1, -0.05) is 60.7 Å². The molecule has 0 aliphatic carbocycles. The third kappa shape index (κ3) is 5.26. The molecule has 7 nitrogen and oxygen atoms in total. The maximum Gasteiger partial charge on any atom is 0.321 e. The second-order valence-corrected chi connectivity index (χ2v) is 9.93. The predicted molar refractivity (Wildman–Crippen MR) is 151 cm³/mol. The van der Waals surface area contributed by atoms with Gasteiger partial charge in [-0.15, -0.1) is 11.3 Å². The summed E-state index contributed by atoms with van der Waals surface area (Å²) in [5.74, 6) is -0.669. The number of nitrogens with zero attached hydrogens (tertiary/aromatic N) is 2. The van der Waals surface area contributed by atoms with Gasteiger partial charge in [0, 0.05) is 16.8 Å². The van der Waals surface area contributed by atoms with E-state index in [2.05, 4.69) is 10.6 Å². The third-order valence-corrected chi connectivity index (χ3v) is 7.27. The number of hydrogen-bond acceptors (Lipinski definition) is 5. The Bertz CT molecular complexity index is 1540. The van der Waals surface area contributed by atoms with Crippen LogP contribution in [-0.4, -0.2) is 36.1 Å². The molecule has 0 saturated carbocycles. The van der Waals surface area contributed by atoms with E-state index < -0.39 is 18.1 Å². The van der Waals surface area contributed by atoms with Crippen LogP contribution in [0.1, 0.15) is 31.9 Å². The summed E-state index contributed by atoms with van der Waals surface area (Å²) in [6.07, 6.45) is -1.25. The topological polar surface area (TPSA) is 90.9 Å². The molecule has 0 bridgehead atoms. The molecule has 4 aromatic rings. The summed E-state index contributed by atoms with van der Waals surface area (Å²) >= 11 is 1.35. The molecule has 190 valence electrons. The fourth-order valence-corrected chi connectivity index (χ4v) is 5.26. The van der Waals surface area contributed by atoms with Gasteiger partial charge in [0.05, 0.1) is 22.8 Å². The first-order valence-corrected chi connectivity index (χ1v) is 13.0. The number of aliphatic imine (C=N–C) groups is 1. The maximum absolute atomic E-state index is 13.9. The van der Waals surface area contributed by atoms with Gasteiger partial charge in [-0.3, -0.25) is 9.59 Å². The average molecular weight is 523 g/mol. The average Bonchev–Trinajstić information content (AvgIpc) is 3.31. The number of hydrogen-bond donors (Lipinski definition) is 2. The highest BCUT2D eigenvalue weighted by Gasteiger charge is 2.34. The lowest BCUT2D eigenvalue weighted by Crippen LogP contribution is -2.49. The van der Waals surface area contributed by atoms with Crippen LogP contribution < -0.4 is 15.5 Å². The van der Waals surface area contributed by atoms with Crippen LogP contribution in [0.4, 0.5) is 16.2 Å². The van der Waals surface area contributed by atoms with Gasteiger partial charge in [0.1, 0.15) is 0 Å². The van der Waals surface area contributed by atoms with E-state index in [0.29, 0.717) is 27.5 Å². The number of amides is 3. The molecular weight excluding hydrogens is 496 g/mol. The molecule has 1 atom stereocenters. The number of urea groups is 1. The number of fused-ring (bicyclic) bond motifs is 1. The van der Waals surface area contributed by atoms with Crippen LogP contribution in [0.15, 0.2) is 95.3 Å². The number of benzodiazepines with no additional fused rings is 1. The lowest BCUT2D eigenvalue weighted by Gasteiger charge is -2.25. The van der Waals surface area contributed by atoms with E-state index in [1.54, 1.807) is 12.1 Å². The Balaban J connectivity index is 1.54. The molecule has 2 heterocycles. The molecular formula is C30H26N4O3S. The van der Waals surface area contributed by atoms with Crippen LogP contribution in [0.3, 0.4) is 0 Å². The first kappa shape index (κ1) is 25.1. The molecule has 0 saturated heterocycles. The van der Waals surface area contributed by atoms with Crippen molar-refractivity contribution in [1.82, 2.24) is 5.32 Å². The molecule has 5 rings (SSSR count). The van der Waals surface area contributed by atoms with Crippen LogP contribution in [0.5, 0.6) is 0 Å². The molecule has 3 aromatic carbocycles. The molecule has 0 spiro atoms. The minimum atomic E-state index is -1.25. The second-order valence-electron chi connectivity index (χ2n) is 9.01. The molecule has 3 amide bonds. The Morgan fingerprint density at radius 2 is 1.71 bits per heavy atom. The number of carbonyl (C=O) groups is 3. The van der Waals surface area contributed by atoms with E-state index in [4.69, 9.17) is 4.99 Å². The SMILES string of the molecule is Cc1cccc(NC(=O)NC2N=C(c3ccccc3)c3ccccc3N(CC(=O)c3sccc3C)C2=O)c1. The predicted octanol–water partition coefficient (Wildman–Crippen LogP) is 5.58. The van der Waals surface area contributed by atoms with Gasteiger partial charge in [-0.05, 0) is 54.6 Å². The van der Waals surface area contributed by atoms with Gasteiger partial charge >= 0.3 is 6.03 Å². The molecule has 1 aliphatic rings. The van der Waals surface area contributed by atoms with Crippen molar-refractivity contribution in [1.29, 1.82) is 0 Å². The van der Waals surface area contributed by atoms with E-state index in [9.17, 15) is 14.4 Å². The summed E-state index contributed by atoms with van der Waals surface area (Å²) in [6.45, 7) is 3.63. The summed E-state index contributed by atoms with van der Waals surface area (Å²) in [4.78, 5) is 47.0. The third-order valence-electron chi connectivity index (χ3n) is 6.22. The number of nitrogens with one attached hydrogen (secondary N) is 2. The minimum Gasteiger partial charge on any atom is -0.308 e. The molecule has 1 aromatic heterocycles. The lowest BCUT2D eigenvalue weighted by atomic mass is 10.00. The van der Waals surface area contributed by atoms with E-state index in [-0.39, 0.29) is 12.3 Å². The molecule has 8 heteroatoms. The number of aryl methyl sites for hydroxylation is 2. The van der Waals surface area contributed by atoms with Gasteiger partial charge in [0.25, 0.3) is 5.91 Å². The number of benzene rings is 3. The summed E-state index contributed by atoms with van der Waals surface area (Å²) in [5.41, 5.74) is 5.06. The van der Waals surface area contributed by atoms with E-state index in [0.717, 1.165) is 16.7 Å². The van der Waals surface area contributed by atoms with Crippen LogP contribution in [-0.2, 0) is 4.79 Å². The van der Waals surface area contributed by atoms with E-state index in [1.807, 2.05) is 92.0 Å². The molecule has 0 radical (unpaired) electrons. The van der Waals surface area contributed by atoms with Gasteiger partial charge < -0.3 is 15.5 Å². The largest absolute Gasteiger partial charge is 0.321 e. The second kappa shape index (κ2) is 10.8. The number of thiophene rings is 1. The number of ketones is 1. The number of rotatable bonds is 6. The number of carbonyl (C=O) groups excluding carboxylic acids is 3. The molecule has 2 N–H and O–H groups in total. The fraction of sp³-hybridized carbons (Fsp3) is 0.133. The van der Waals surface area contributed by atoms with Gasteiger partial charge in [0.2, 0.25) is 6.17 Å². The Kier molecular flexibility index (Phi) is 7.15. The zero-order valence-corrected chi connectivity index (χ0v) is 21.8. The smallest absolute Gasteiger partial charge is 0.308 e. The minimum absolute atomic E-state index is 0.174. The summed E-state index contributed by atoms with van der Waals surface area (Å²) in [5, 5.41) is 7.36. The maximum atomic E-state index is 13.9. The van der Waals surface area contributed by atoms with Crippen molar-refractivity contribution in [2.24, 2.45) is 4.99 Å². The van der Waals surface area contributed by atoms with E-state index >= 15 is 0 Å². The lowest BCUT2D eigenvalue weighted by molar-refractivity contribution is -0.120. The standard InChI is InChI=1S/C30H26N4O3S/c1-19-9-8-12-22(17-19)31-30(37)33-28-29(36)34(18-25(35)27-20(2)15-16-38-27)24-14-7-6-13-23(24)26(32-28)21-10-4-3-5-11-21/h3-17,28H,18H2,1-2H3,(H2,31,33,37). The highest BCUT2D eigenvalue weighted by Crippen LogP contribution is 2.29. The Hall–Kier alpha value is -4.56. The summed E-state index contributed by atoms with van der Waals surface area (Å²) in [7, 11) is 0. The monoisotopic (exact) mass is 522 g/mol. The van der Waals surface area contributed by atoms with Crippen molar-refractivity contribution < 1.29 is 14.4 Å². The highest BCUT2D eigenvalue weighted by molar-refractivity contribution is 7.12. The summed E-state index contributed by atoms with van der Waals surface area (Å²) in [6, 6.07) is 25.5. The zero-order valence-electron chi connectivity index (χ0n) is 21.0.